The number of ether oxygens (including phenoxy) is 1. The summed E-state index contributed by atoms with van der Waals surface area (Å²) in [5.74, 6) is -5.98. The topological polar surface area (TPSA) is 113 Å². The molecule has 42 heavy (non-hydrogen) atoms. The smallest absolute Gasteiger partial charge is 0.475 e. The molecular weight excluding hydrogens is 560 g/mol. The predicted molar refractivity (Wildman–Crippen MR) is 141 cm³/mol. The standard InChI is InChI=1S/C28H25FN2O4.C2HF3O2/c1-31-25(32)22-23(26(31)33)28(27(34)35-2,16-17-6-4-3-5-7-17)30-24(22)20-10-8-18(9-11-20)19-12-14-21(29)15-13-19;3-2(4,5)1(6)7/h3-15,22-24,30H,16H2,1-2H3;(H,6,7)/t22?,23?,24?,28-;/m1./s1. The number of benzene rings is 3. The quantitative estimate of drug-likeness (QED) is 0.262. The number of carbonyl (C=O) groups is 4. The van der Waals surface area contributed by atoms with Crippen LogP contribution in [0.5, 0.6) is 0 Å². The fourth-order valence-electron chi connectivity index (χ4n) is 5.48. The molecule has 0 aliphatic carbocycles. The number of amides is 2. The molecule has 4 atom stereocenters. The number of fused-ring (bicyclic) bond motifs is 1. The first-order valence-electron chi connectivity index (χ1n) is 12.7. The Morgan fingerprint density at radius 2 is 1.45 bits per heavy atom. The van der Waals surface area contributed by atoms with Gasteiger partial charge in [-0.3, -0.25) is 24.6 Å². The summed E-state index contributed by atoms with van der Waals surface area (Å²) in [7, 11) is 2.75. The second-order valence-corrected chi connectivity index (χ2v) is 9.92. The Morgan fingerprint density at radius 3 is 1.95 bits per heavy atom. The molecule has 12 heteroatoms. The zero-order chi connectivity index (χ0) is 30.8. The first-order valence-corrected chi connectivity index (χ1v) is 12.7. The molecule has 2 amide bonds. The fourth-order valence-corrected chi connectivity index (χ4v) is 5.48. The molecule has 5 rings (SSSR count). The average molecular weight is 587 g/mol. The Morgan fingerprint density at radius 1 is 0.929 bits per heavy atom. The van der Waals surface area contributed by atoms with E-state index in [0.29, 0.717) is 0 Å². The normalized spacial score (nSPS) is 23.2. The molecule has 0 bridgehead atoms. The predicted octanol–water partition coefficient (Wildman–Crippen LogP) is 4.16. The van der Waals surface area contributed by atoms with Crippen LogP contribution in [0.2, 0.25) is 0 Å². The number of carboxylic acid groups (broad SMARTS) is 1. The van der Waals surface area contributed by atoms with E-state index in [2.05, 4.69) is 5.32 Å². The lowest BCUT2D eigenvalue weighted by molar-refractivity contribution is -0.192. The van der Waals surface area contributed by atoms with Crippen molar-refractivity contribution in [3.05, 3.63) is 95.8 Å². The highest BCUT2D eigenvalue weighted by Crippen LogP contribution is 2.50. The van der Waals surface area contributed by atoms with E-state index < -0.39 is 41.5 Å². The summed E-state index contributed by atoms with van der Waals surface area (Å²) in [6, 6.07) is 22.5. The maximum atomic E-state index is 13.3. The van der Waals surface area contributed by atoms with Gasteiger partial charge in [-0.15, -0.1) is 0 Å². The van der Waals surface area contributed by atoms with Gasteiger partial charge in [0.2, 0.25) is 11.8 Å². The maximum Gasteiger partial charge on any atom is 0.490 e. The SMILES string of the molecule is COC(=O)[C@]1(Cc2ccccc2)NC(c2ccc(-c3ccc(F)cc3)cc2)C2C(=O)N(C)C(=O)C21.O=C(O)C(F)(F)F. The van der Waals surface area contributed by atoms with E-state index in [-0.39, 0.29) is 24.1 Å². The number of carboxylic acids is 1. The molecule has 3 aromatic carbocycles. The number of nitrogens with zero attached hydrogens (tertiary/aromatic N) is 1. The van der Waals surface area contributed by atoms with Crippen LogP contribution in [0.1, 0.15) is 17.2 Å². The third-order valence-electron chi connectivity index (χ3n) is 7.44. The van der Waals surface area contributed by atoms with Gasteiger partial charge in [0, 0.05) is 19.5 Å². The van der Waals surface area contributed by atoms with E-state index in [1.807, 2.05) is 54.6 Å². The zero-order valence-electron chi connectivity index (χ0n) is 22.4. The molecule has 8 nitrogen and oxygen atoms in total. The van der Waals surface area contributed by atoms with Gasteiger partial charge in [-0.2, -0.15) is 13.2 Å². The van der Waals surface area contributed by atoms with E-state index >= 15 is 0 Å². The molecule has 2 heterocycles. The molecule has 0 saturated carbocycles. The average Bonchev–Trinajstić information content (AvgIpc) is 3.42. The van der Waals surface area contributed by atoms with Gasteiger partial charge in [0.25, 0.3) is 0 Å². The van der Waals surface area contributed by atoms with Crippen molar-refractivity contribution in [2.45, 2.75) is 24.2 Å². The number of esters is 1. The molecule has 220 valence electrons. The van der Waals surface area contributed by atoms with Crippen LogP contribution in [0.3, 0.4) is 0 Å². The van der Waals surface area contributed by atoms with Crippen LogP contribution in [0.4, 0.5) is 17.6 Å². The highest BCUT2D eigenvalue weighted by Gasteiger charge is 2.68. The Balaban J connectivity index is 0.000000517. The largest absolute Gasteiger partial charge is 0.490 e. The van der Waals surface area contributed by atoms with Crippen LogP contribution in [0.15, 0.2) is 78.9 Å². The lowest BCUT2D eigenvalue weighted by Crippen LogP contribution is -2.57. The monoisotopic (exact) mass is 586 g/mol. The second kappa shape index (κ2) is 11.7. The number of alkyl halides is 3. The Bertz CT molecular complexity index is 1480. The fraction of sp³-hybridized carbons (Fsp3) is 0.267. The van der Waals surface area contributed by atoms with E-state index in [9.17, 15) is 31.9 Å². The van der Waals surface area contributed by atoms with Gasteiger partial charge in [0.15, 0.2) is 0 Å². The summed E-state index contributed by atoms with van der Waals surface area (Å²) < 4.78 is 50.2. The molecule has 2 saturated heterocycles. The van der Waals surface area contributed by atoms with Crippen molar-refractivity contribution >= 4 is 23.8 Å². The molecule has 2 aliphatic heterocycles. The van der Waals surface area contributed by atoms with Gasteiger partial charge in [-0.05, 0) is 34.4 Å². The van der Waals surface area contributed by atoms with Gasteiger partial charge >= 0.3 is 18.1 Å². The van der Waals surface area contributed by atoms with Crippen molar-refractivity contribution in [2.75, 3.05) is 14.2 Å². The molecule has 3 aromatic rings. The van der Waals surface area contributed by atoms with Crippen LogP contribution in [-0.4, -0.2) is 59.6 Å². The Kier molecular flexibility index (Phi) is 8.48. The number of hydrogen-bond donors (Lipinski definition) is 2. The van der Waals surface area contributed by atoms with E-state index in [0.717, 1.165) is 27.2 Å². The van der Waals surface area contributed by atoms with Gasteiger partial charge in [-0.1, -0.05) is 66.7 Å². The maximum absolute atomic E-state index is 13.3. The molecule has 0 radical (unpaired) electrons. The van der Waals surface area contributed by atoms with E-state index in [4.69, 9.17) is 14.6 Å². The molecule has 2 fully saturated rings. The number of halogens is 4. The number of carbonyl (C=O) groups excluding carboxylic acids is 3. The van der Waals surface area contributed by atoms with Gasteiger partial charge in [0.05, 0.1) is 18.9 Å². The molecule has 2 N–H and O–H groups in total. The number of hydrogen-bond acceptors (Lipinski definition) is 6. The van der Waals surface area contributed by atoms with Crippen LogP contribution in [-0.2, 0) is 30.3 Å². The van der Waals surface area contributed by atoms with Crippen molar-refractivity contribution < 1.29 is 46.6 Å². The number of likely N-dealkylation sites (tertiary alicyclic amines) is 1. The second-order valence-electron chi connectivity index (χ2n) is 9.92. The summed E-state index contributed by atoms with van der Waals surface area (Å²) >= 11 is 0. The Hall–Kier alpha value is -4.58. The van der Waals surface area contributed by atoms with Gasteiger partial charge in [0.1, 0.15) is 11.4 Å². The van der Waals surface area contributed by atoms with E-state index in [1.165, 1.54) is 26.3 Å². The minimum Gasteiger partial charge on any atom is -0.475 e. The summed E-state index contributed by atoms with van der Waals surface area (Å²) in [6.45, 7) is 0. The number of aliphatic carboxylic acids is 1. The molecule has 2 aliphatic rings. The first kappa shape index (κ1) is 30.4. The van der Waals surface area contributed by atoms with Gasteiger partial charge < -0.3 is 9.84 Å². The number of imide groups is 1. The lowest BCUT2D eigenvalue weighted by Gasteiger charge is -2.32. The Labute approximate surface area is 237 Å². The van der Waals surface area contributed by atoms with E-state index in [1.54, 1.807) is 12.1 Å². The summed E-state index contributed by atoms with van der Waals surface area (Å²) in [5.41, 5.74) is 1.98. The van der Waals surface area contributed by atoms with Crippen molar-refractivity contribution in [3.8, 4) is 11.1 Å². The van der Waals surface area contributed by atoms with Crippen LogP contribution >= 0.6 is 0 Å². The van der Waals surface area contributed by atoms with Crippen molar-refractivity contribution in [1.29, 1.82) is 0 Å². The third-order valence-corrected chi connectivity index (χ3v) is 7.44. The third kappa shape index (κ3) is 5.75. The van der Waals surface area contributed by atoms with Crippen molar-refractivity contribution in [3.63, 3.8) is 0 Å². The minimum absolute atomic E-state index is 0.207. The number of rotatable bonds is 5. The highest BCUT2D eigenvalue weighted by molar-refractivity contribution is 6.09. The molecule has 0 aromatic heterocycles. The number of methoxy groups -OCH3 is 1. The molecule has 0 spiro atoms. The van der Waals surface area contributed by atoms with Crippen molar-refractivity contribution in [2.24, 2.45) is 11.8 Å². The van der Waals surface area contributed by atoms with Gasteiger partial charge in [-0.25, -0.2) is 9.18 Å². The lowest BCUT2D eigenvalue weighted by atomic mass is 9.76. The van der Waals surface area contributed by atoms with Crippen molar-refractivity contribution in [1.82, 2.24) is 10.2 Å². The minimum atomic E-state index is -5.08. The van der Waals surface area contributed by atoms with Crippen LogP contribution in [0.25, 0.3) is 11.1 Å². The first-order chi connectivity index (χ1) is 19.8. The summed E-state index contributed by atoms with van der Waals surface area (Å²) in [6.07, 6.45) is -4.88. The van der Waals surface area contributed by atoms with Crippen LogP contribution < -0.4 is 5.32 Å². The highest BCUT2D eigenvalue weighted by atomic mass is 19.4. The number of nitrogens with one attached hydrogen (secondary N) is 1. The van der Waals surface area contributed by atoms with Crippen LogP contribution in [0, 0.1) is 17.7 Å². The zero-order valence-corrected chi connectivity index (χ0v) is 22.4. The summed E-state index contributed by atoms with van der Waals surface area (Å²) in [5, 5.41) is 10.5. The summed E-state index contributed by atoms with van der Waals surface area (Å²) in [4.78, 5) is 49.8. The molecular formula is C30H26F4N2O6. The molecule has 3 unspecified atom stereocenters.